The van der Waals surface area contributed by atoms with Gasteiger partial charge in [-0.15, -0.1) is 0 Å². The summed E-state index contributed by atoms with van der Waals surface area (Å²) in [6.07, 6.45) is -5.79. The Kier molecular flexibility index (Phi) is 15.0. The van der Waals surface area contributed by atoms with Gasteiger partial charge in [0.05, 0.1) is 53.5 Å². The highest BCUT2D eigenvalue weighted by Gasteiger charge is 2.33. The molecule has 1 heterocycles. The fourth-order valence-corrected chi connectivity index (χ4v) is 5.74. The van der Waals surface area contributed by atoms with Crippen molar-refractivity contribution in [1.82, 2.24) is 15.2 Å². The molecule has 282 valence electrons. The molecule has 3 atom stereocenters. The number of β-amino-alcohol motifs (C(OH)–C–C–N with tert-alkyl or cyclic N) is 1. The first-order valence-corrected chi connectivity index (χ1v) is 17.0. The summed E-state index contributed by atoms with van der Waals surface area (Å²) < 4.78 is 51.1. The minimum absolute atomic E-state index is 0.0252. The smallest absolute Gasteiger partial charge is 0.417 e. The number of hydrogen-bond donors (Lipinski definition) is 5. The highest BCUT2D eigenvalue weighted by molar-refractivity contribution is 6.31. The summed E-state index contributed by atoms with van der Waals surface area (Å²) in [7, 11) is 0. The lowest BCUT2D eigenvalue weighted by molar-refractivity contribution is -0.137. The number of nitrogens with one attached hydrogen (secondary N) is 2. The number of nitrogens with zero attached hydrogens (tertiary/aromatic N) is 3. The molecular formula is C36H43ClF3N5O7. The molecule has 0 radical (unpaired) electrons. The van der Waals surface area contributed by atoms with Crippen LogP contribution >= 0.6 is 11.6 Å². The molecule has 1 aliphatic heterocycles. The number of halogens is 4. The molecule has 3 aromatic rings. The summed E-state index contributed by atoms with van der Waals surface area (Å²) in [5.74, 6) is -1.15. The molecule has 1 saturated heterocycles. The first kappa shape index (κ1) is 40.7. The molecule has 3 aromatic carbocycles. The van der Waals surface area contributed by atoms with Gasteiger partial charge in [-0.1, -0.05) is 29.8 Å². The molecule has 12 nitrogen and oxygen atoms in total. The van der Waals surface area contributed by atoms with E-state index in [4.69, 9.17) is 21.1 Å². The molecular weight excluding hydrogens is 707 g/mol. The Hall–Kier alpha value is -4.09. The van der Waals surface area contributed by atoms with Crippen molar-refractivity contribution in [3.05, 3.63) is 93.5 Å². The second kappa shape index (κ2) is 19.1. The van der Waals surface area contributed by atoms with E-state index in [1.807, 2.05) is 15.9 Å². The predicted molar refractivity (Wildman–Crippen MR) is 190 cm³/mol. The molecule has 4 rings (SSSR count). The number of morpholine rings is 1. The average molecular weight is 750 g/mol. The van der Waals surface area contributed by atoms with E-state index in [2.05, 4.69) is 15.8 Å². The van der Waals surface area contributed by atoms with Gasteiger partial charge in [-0.2, -0.15) is 18.3 Å². The van der Waals surface area contributed by atoms with Crippen LogP contribution in [0.3, 0.4) is 0 Å². The van der Waals surface area contributed by atoms with Gasteiger partial charge >= 0.3 is 6.18 Å². The van der Waals surface area contributed by atoms with Gasteiger partial charge < -0.3 is 30.1 Å². The lowest BCUT2D eigenvalue weighted by Gasteiger charge is -2.28. The lowest BCUT2D eigenvalue weighted by atomic mass is 10.1. The van der Waals surface area contributed by atoms with Crippen LogP contribution < -0.4 is 15.5 Å². The van der Waals surface area contributed by atoms with Gasteiger partial charge in [0.1, 0.15) is 18.5 Å². The quantitative estimate of drug-likeness (QED) is 0.108. The van der Waals surface area contributed by atoms with Crippen LogP contribution in [0.5, 0.6) is 5.75 Å². The minimum atomic E-state index is -4.69. The first-order chi connectivity index (χ1) is 24.7. The van der Waals surface area contributed by atoms with E-state index in [1.54, 1.807) is 32.0 Å². The third-order valence-electron chi connectivity index (χ3n) is 7.81. The van der Waals surface area contributed by atoms with Crippen LogP contribution in [0.15, 0.2) is 65.8 Å². The average Bonchev–Trinajstić information content (AvgIpc) is 3.08. The van der Waals surface area contributed by atoms with E-state index in [9.17, 15) is 38.1 Å². The SMILES string of the molecule is CC(O)CN(Cc1cccc(C(=O)Nc2ccc(OCC(O)CN3CCOCC3)cc2C(=O)N/N=C/c2ccc(Cl)c(C(F)(F)F)c2)c1)CC(C)O. The van der Waals surface area contributed by atoms with Gasteiger partial charge in [-0.05, 0) is 67.4 Å². The number of aliphatic hydroxyl groups excluding tert-OH is 3. The fourth-order valence-electron chi connectivity index (χ4n) is 5.52. The molecule has 1 aliphatic rings. The number of carbonyl (C=O) groups excluding carboxylic acids is 2. The van der Waals surface area contributed by atoms with Gasteiger partial charge in [0.25, 0.3) is 11.8 Å². The first-order valence-electron chi connectivity index (χ1n) is 16.6. The Morgan fingerprint density at radius 1 is 1.02 bits per heavy atom. The molecule has 16 heteroatoms. The fraction of sp³-hybridized carbons (Fsp3) is 0.417. The van der Waals surface area contributed by atoms with Crippen LogP contribution in [0.1, 0.15) is 51.3 Å². The van der Waals surface area contributed by atoms with Crippen LogP contribution in [0.4, 0.5) is 18.9 Å². The van der Waals surface area contributed by atoms with Crippen molar-refractivity contribution in [3.8, 4) is 5.75 Å². The van der Waals surface area contributed by atoms with Crippen molar-refractivity contribution in [2.45, 2.75) is 44.9 Å². The zero-order chi connectivity index (χ0) is 37.8. The third-order valence-corrected chi connectivity index (χ3v) is 8.14. The second-order valence-corrected chi connectivity index (χ2v) is 13.0. The summed E-state index contributed by atoms with van der Waals surface area (Å²) in [5.41, 5.74) is 2.27. The van der Waals surface area contributed by atoms with Crippen LogP contribution in [0.2, 0.25) is 5.02 Å². The number of rotatable bonds is 16. The Morgan fingerprint density at radius 3 is 2.40 bits per heavy atom. The van der Waals surface area contributed by atoms with Gasteiger partial charge in [-0.3, -0.25) is 19.4 Å². The number of amides is 2. The molecule has 52 heavy (non-hydrogen) atoms. The van der Waals surface area contributed by atoms with Gasteiger partial charge in [0, 0.05) is 44.8 Å². The molecule has 0 spiro atoms. The van der Waals surface area contributed by atoms with E-state index in [0.29, 0.717) is 52.5 Å². The minimum Gasteiger partial charge on any atom is -0.491 e. The molecule has 3 unspecified atom stereocenters. The number of carbonyl (C=O) groups is 2. The molecule has 2 amide bonds. The summed E-state index contributed by atoms with van der Waals surface area (Å²) in [4.78, 5) is 30.8. The van der Waals surface area contributed by atoms with Crippen molar-refractivity contribution in [1.29, 1.82) is 0 Å². The Balaban J connectivity index is 1.53. The maximum atomic E-state index is 13.5. The van der Waals surface area contributed by atoms with Crippen LogP contribution in [-0.2, 0) is 17.5 Å². The van der Waals surface area contributed by atoms with Crippen molar-refractivity contribution in [3.63, 3.8) is 0 Å². The van der Waals surface area contributed by atoms with E-state index in [-0.39, 0.29) is 34.7 Å². The van der Waals surface area contributed by atoms with Crippen molar-refractivity contribution in [2.24, 2.45) is 5.10 Å². The zero-order valence-electron chi connectivity index (χ0n) is 28.8. The molecule has 0 bridgehead atoms. The predicted octanol–water partition coefficient (Wildman–Crippen LogP) is 4.01. The van der Waals surface area contributed by atoms with Gasteiger partial charge in [-0.25, -0.2) is 5.43 Å². The molecule has 0 aromatic heterocycles. The number of hydrazone groups is 1. The second-order valence-electron chi connectivity index (χ2n) is 12.6. The number of benzene rings is 3. The summed E-state index contributed by atoms with van der Waals surface area (Å²) in [5, 5.41) is 36.4. The van der Waals surface area contributed by atoms with Crippen LogP contribution in [0.25, 0.3) is 0 Å². The summed E-state index contributed by atoms with van der Waals surface area (Å²) in [6, 6.07) is 14.2. The Bertz CT molecular complexity index is 1680. The molecule has 1 fully saturated rings. The molecule has 0 saturated carbocycles. The van der Waals surface area contributed by atoms with Crippen LogP contribution in [0, 0.1) is 0 Å². The number of ether oxygens (including phenoxy) is 2. The lowest BCUT2D eigenvalue weighted by Crippen LogP contribution is -2.42. The Morgan fingerprint density at radius 2 is 1.73 bits per heavy atom. The van der Waals surface area contributed by atoms with E-state index >= 15 is 0 Å². The monoisotopic (exact) mass is 749 g/mol. The van der Waals surface area contributed by atoms with Gasteiger partial charge in [0.2, 0.25) is 0 Å². The Labute approximate surface area is 304 Å². The van der Waals surface area contributed by atoms with Crippen molar-refractivity contribution < 1.29 is 47.6 Å². The maximum absolute atomic E-state index is 13.5. The summed E-state index contributed by atoms with van der Waals surface area (Å²) >= 11 is 5.70. The van der Waals surface area contributed by atoms with E-state index in [0.717, 1.165) is 23.9 Å². The standard InChI is InChI=1S/C36H43ClF3N5O7/c1-23(46)18-45(19-24(2)47)20-26-4-3-5-27(14-26)34(49)42-33-9-7-29(52-22-28(48)21-44-10-12-51-13-11-44)16-30(33)35(50)43-41-17-25-6-8-32(37)31(15-25)36(38,39)40/h3-9,14-17,23-24,28,46-48H,10-13,18-22H2,1-2H3,(H,42,49)(H,43,50)/b41-17+. The van der Waals surface area contributed by atoms with Crippen molar-refractivity contribution >= 4 is 35.3 Å². The highest BCUT2D eigenvalue weighted by Crippen LogP contribution is 2.35. The molecule has 5 N–H and O–H groups in total. The number of alkyl halides is 3. The largest absolute Gasteiger partial charge is 0.491 e. The molecule has 0 aliphatic carbocycles. The maximum Gasteiger partial charge on any atom is 0.417 e. The van der Waals surface area contributed by atoms with E-state index < -0.39 is 46.9 Å². The van der Waals surface area contributed by atoms with Crippen molar-refractivity contribution in [2.75, 3.05) is 57.9 Å². The van der Waals surface area contributed by atoms with Crippen LogP contribution in [-0.4, -0.2) is 114 Å². The summed E-state index contributed by atoms with van der Waals surface area (Å²) in [6.45, 7) is 7.00. The van der Waals surface area contributed by atoms with Gasteiger partial charge in [0.15, 0.2) is 0 Å². The normalized spacial score (nSPS) is 15.7. The zero-order valence-corrected chi connectivity index (χ0v) is 29.5. The number of hydrogen-bond acceptors (Lipinski definition) is 10. The number of anilines is 1. The van der Waals surface area contributed by atoms with E-state index in [1.165, 1.54) is 24.3 Å². The number of aliphatic hydroxyl groups is 3. The third kappa shape index (κ3) is 12.8. The highest BCUT2D eigenvalue weighted by atomic mass is 35.5. The topological polar surface area (TPSA) is 156 Å².